The van der Waals surface area contributed by atoms with E-state index < -0.39 is 0 Å². The molecule has 1 aliphatic carbocycles. The number of halogens is 1. The van der Waals surface area contributed by atoms with Gasteiger partial charge >= 0.3 is 6.09 Å². The Kier molecular flexibility index (Phi) is 5.67. The van der Waals surface area contributed by atoms with Gasteiger partial charge < -0.3 is 14.5 Å². The summed E-state index contributed by atoms with van der Waals surface area (Å²) in [6, 6.07) is 8.23. The van der Waals surface area contributed by atoms with E-state index in [1.807, 2.05) is 30.9 Å². The highest BCUT2D eigenvalue weighted by Crippen LogP contribution is 2.48. The Hall–Kier alpha value is -1.56. The summed E-state index contributed by atoms with van der Waals surface area (Å²) in [6.45, 7) is 6.77. The van der Waals surface area contributed by atoms with Crippen molar-refractivity contribution >= 4 is 27.9 Å². The maximum Gasteiger partial charge on any atom is 0.409 e. The van der Waals surface area contributed by atoms with E-state index in [4.69, 9.17) is 4.74 Å². The molecule has 0 radical (unpaired) electrons. The summed E-state index contributed by atoms with van der Waals surface area (Å²) >= 11 is 3.44. The van der Waals surface area contributed by atoms with Crippen LogP contribution in [0.25, 0.3) is 0 Å². The average molecular weight is 409 g/mol. The van der Waals surface area contributed by atoms with Crippen molar-refractivity contribution in [1.82, 2.24) is 9.80 Å². The number of hydrogen-bond acceptors (Lipinski definition) is 3. The molecule has 1 heterocycles. The van der Waals surface area contributed by atoms with Crippen molar-refractivity contribution in [2.45, 2.75) is 26.2 Å². The van der Waals surface area contributed by atoms with Gasteiger partial charge in [-0.2, -0.15) is 0 Å². The van der Waals surface area contributed by atoms with Gasteiger partial charge in [0.15, 0.2) is 0 Å². The van der Waals surface area contributed by atoms with Crippen molar-refractivity contribution in [3.05, 3.63) is 34.3 Å². The Labute approximate surface area is 157 Å². The molecule has 1 aromatic carbocycles. The third-order valence-electron chi connectivity index (χ3n) is 4.80. The Bertz CT molecular complexity index is 624. The molecule has 25 heavy (non-hydrogen) atoms. The molecule has 2 amide bonds. The number of ether oxygens (including phenoxy) is 1. The first-order valence-electron chi connectivity index (χ1n) is 8.91. The van der Waals surface area contributed by atoms with Crippen molar-refractivity contribution in [2.24, 2.45) is 11.8 Å². The number of piperazine rings is 1. The van der Waals surface area contributed by atoms with Crippen molar-refractivity contribution in [1.29, 1.82) is 0 Å². The molecule has 5 nitrogen and oxygen atoms in total. The SMILES string of the molecule is CC(C)COC(=O)N1CCN(C(=O)C2CC2c2ccc(Br)cc2)CC1. The molecule has 2 aliphatic rings. The number of amides is 2. The van der Waals surface area contributed by atoms with Crippen molar-refractivity contribution < 1.29 is 14.3 Å². The van der Waals surface area contributed by atoms with Crippen molar-refractivity contribution in [2.75, 3.05) is 32.8 Å². The third kappa shape index (κ3) is 4.54. The standard InChI is InChI=1S/C19H25BrN2O3/c1-13(2)12-25-19(24)22-9-7-21(8-10-22)18(23)17-11-16(17)14-3-5-15(20)6-4-14/h3-6,13,16-17H,7-12H2,1-2H3. The van der Waals surface area contributed by atoms with Gasteiger partial charge in [-0.25, -0.2) is 4.79 Å². The number of hydrogen-bond donors (Lipinski definition) is 0. The van der Waals surface area contributed by atoms with Crippen LogP contribution in [0.15, 0.2) is 28.7 Å². The molecule has 6 heteroatoms. The number of benzene rings is 1. The van der Waals surface area contributed by atoms with E-state index in [1.165, 1.54) is 5.56 Å². The Balaban J connectivity index is 1.46. The van der Waals surface area contributed by atoms with Gasteiger partial charge in [0.2, 0.25) is 5.91 Å². The van der Waals surface area contributed by atoms with Gasteiger partial charge in [0.1, 0.15) is 0 Å². The Morgan fingerprint density at radius 2 is 1.72 bits per heavy atom. The van der Waals surface area contributed by atoms with Crippen LogP contribution < -0.4 is 0 Å². The third-order valence-corrected chi connectivity index (χ3v) is 5.32. The molecule has 0 spiro atoms. The molecule has 0 bridgehead atoms. The summed E-state index contributed by atoms with van der Waals surface area (Å²) < 4.78 is 6.32. The fourth-order valence-corrected chi connectivity index (χ4v) is 3.48. The molecular formula is C19H25BrN2O3. The average Bonchev–Trinajstić information content (AvgIpc) is 3.40. The van der Waals surface area contributed by atoms with Crippen LogP contribution in [0.2, 0.25) is 0 Å². The van der Waals surface area contributed by atoms with Crippen LogP contribution in [0.4, 0.5) is 4.79 Å². The zero-order chi connectivity index (χ0) is 18.0. The van der Waals surface area contributed by atoms with Crippen LogP contribution in [-0.4, -0.2) is 54.6 Å². The second-order valence-electron chi connectivity index (χ2n) is 7.28. The van der Waals surface area contributed by atoms with E-state index in [1.54, 1.807) is 4.90 Å². The van der Waals surface area contributed by atoms with Gasteiger partial charge in [-0.1, -0.05) is 41.9 Å². The van der Waals surface area contributed by atoms with Crippen LogP contribution in [-0.2, 0) is 9.53 Å². The molecule has 1 saturated heterocycles. The van der Waals surface area contributed by atoms with E-state index in [2.05, 4.69) is 28.1 Å². The molecule has 0 aromatic heterocycles. The number of carbonyl (C=O) groups excluding carboxylic acids is 2. The van der Waals surface area contributed by atoms with Gasteiger partial charge in [0.05, 0.1) is 6.61 Å². The van der Waals surface area contributed by atoms with E-state index >= 15 is 0 Å². The van der Waals surface area contributed by atoms with Gasteiger partial charge in [-0.05, 0) is 36.0 Å². The summed E-state index contributed by atoms with van der Waals surface area (Å²) in [7, 11) is 0. The quantitative estimate of drug-likeness (QED) is 0.765. The molecular weight excluding hydrogens is 384 g/mol. The van der Waals surface area contributed by atoms with Gasteiger partial charge in [0, 0.05) is 36.6 Å². The summed E-state index contributed by atoms with van der Waals surface area (Å²) in [4.78, 5) is 28.3. The van der Waals surface area contributed by atoms with Crippen LogP contribution in [0.3, 0.4) is 0 Å². The van der Waals surface area contributed by atoms with Crippen LogP contribution >= 0.6 is 15.9 Å². The molecule has 1 aromatic rings. The molecule has 1 saturated carbocycles. The predicted octanol–water partition coefficient (Wildman–Crippen LogP) is 3.49. The van der Waals surface area contributed by atoms with Crippen LogP contribution in [0.5, 0.6) is 0 Å². The molecule has 0 N–H and O–H groups in total. The zero-order valence-corrected chi connectivity index (χ0v) is 16.4. The minimum atomic E-state index is -0.264. The summed E-state index contributed by atoms with van der Waals surface area (Å²) in [5, 5.41) is 0. The van der Waals surface area contributed by atoms with Crippen molar-refractivity contribution in [3.8, 4) is 0 Å². The topological polar surface area (TPSA) is 49.9 Å². The second-order valence-corrected chi connectivity index (χ2v) is 8.20. The maximum absolute atomic E-state index is 12.7. The fourth-order valence-electron chi connectivity index (χ4n) is 3.22. The predicted molar refractivity (Wildman–Crippen MR) is 99.3 cm³/mol. The molecule has 136 valence electrons. The van der Waals surface area contributed by atoms with Gasteiger partial charge in [0.25, 0.3) is 0 Å². The summed E-state index contributed by atoms with van der Waals surface area (Å²) in [5.74, 6) is 0.996. The highest BCUT2D eigenvalue weighted by molar-refractivity contribution is 9.10. The largest absolute Gasteiger partial charge is 0.449 e. The van der Waals surface area contributed by atoms with Gasteiger partial charge in [-0.15, -0.1) is 0 Å². The van der Waals surface area contributed by atoms with Crippen molar-refractivity contribution in [3.63, 3.8) is 0 Å². The number of carbonyl (C=O) groups is 2. The molecule has 2 fully saturated rings. The Morgan fingerprint density at radius 3 is 2.32 bits per heavy atom. The first kappa shape index (κ1) is 18.2. The lowest BCUT2D eigenvalue weighted by Crippen LogP contribution is -2.51. The zero-order valence-electron chi connectivity index (χ0n) is 14.8. The fraction of sp³-hybridized carbons (Fsp3) is 0.579. The molecule has 2 atom stereocenters. The lowest BCUT2D eigenvalue weighted by molar-refractivity contribution is -0.134. The van der Waals surface area contributed by atoms with Gasteiger partial charge in [-0.3, -0.25) is 4.79 Å². The first-order chi connectivity index (χ1) is 12.0. The monoisotopic (exact) mass is 408 g/mol. The molecule has 2 unspecified atom stereocenters. The molecule has 3 rings (SSSR count). The first-order valence-corrected chi connectivity index (χ1v) is 9.71. The smallest absolute Gasteiger partial charge is 0.409 e. The van der Waals surface area contributed by atoms with E-state index in [-0.39, 0.29) is 17.9 Å². The van der Waals surface area contributed by atoms with Crippen LogP contribution in [0, 0.1) is 11.8 Å². The summed E-state index contributed by atoms with van der Waals surface area (Å²) in [6.07, 6.45) is 0.664. The number of nitrogens with zero attached hydrogens (tertiary/aromatic N) is 2. The summed E-state index contributed by atoms with van der Waals surface area (Å²) in [5.41, 5.74) is 1.23. The lowest BCUT2D eigenvalue weighted by Gasteiger charge is -2.34. The maximum atomic E-state index is 12.7. The number of rotatable bonds is 4. The highest BCUT2D eigenvalue weighted by atomic mass is 79.9. The minimum Gasteiger partial charge on any atom is -0.449 e. The minimum absolute atomic E-state index is 0.0978. The lowest BCUT2D eigenvalue weighted by atomic mass is 10.1. The normalized spacial score (nSPS) is 22.9. The van der Waals surface area contributed by atoms with Crippen LogP contribution in [0.1, 0.15) is 31.7 Å². The highest BCUT2D eigenvalue weighted by Gasteiger charge is 2.46. The Morgan fingerprint density at radius 1 is 1.12 bits per heavy atom. The van der Waals surface area contributed by atoms with E-state index in [0.29, 0.717) is 44.6 Å². The molecule has 1 aliphatic heterocycles. The second kappa shape index (κ2) is 7.77. The van der Waals surface area contributed by atoms with E-state index in [0.717, 1.165) is 10.9 Å². The van der Waals surface area contributed by atoms with E-state index in [9.17, 15) is 9.59 Å².